The molecule has 13 heavy (non-hydrogen) atoms. The lowest BCUT2D eigenvalue weighted by molar-refractivity contribution is 0.913. The van der Waals surface area contributed by atoms with Gasteiger partial charge in [0.2, 0.25) is 0 Å². The van der Waals surface area contributed by atoms with Crippen molar-refractivity contribution in [2.45, 2.75) is 0 Å². The molecule has 3 N–H and O–H groups in total. The molecule has 2 heterocycles. The lowest BCUT2D eigenvalue weighted by Gasteiger charge is -1.95. The molecule has 0 spiro atoms. The Morgan fingerprint density at radius 1 is 1.54 bits per heavy atom. The summed E-state index contributed by atoms with van der Waals surface area (Å²) in [5.41, 5.74) is 6.29. The van der Waals surface area contributed by atoms with Gasteiger partial charge in [-0.3, -0.25) is 5.10 Å². The minimum Gasteiger partial charge on any atom is -0.382 e. The molecular weight excluding hydrogens is 190 g/mol. The first-order valence-electron chi connectivity index (χ1n) is 3.56. The molecule has 0 amide bonds. The fourth-order valence-electron chi connectivity index (χ4n) is 1.08. The van der Waals surface area contributed by atoms with Crippen LogP contribution in [0.2, 0.25) is 0 Å². The van der Waals surface area contributed by atoms with Crippen molar-refractivity contribution in [2.24, 2.45) is 7.05 Å². The van der Waals surface area contributed by atoms with Crippen LogP contribution in [0.4, 0.5) is 5.82 Å². The van der Waals surface area contributed by atoms with E-state index in [0.717, 1.165) is 11.5 Å². The number of nitrogens with zero attached hydrogens (tertiary/aromatic N) is 3. The predicted octanol–water partition coefficient (Wildman–Crippen LogP) is 0.814. The topological polar surface area (TPSA) is 72.5 Å². The van der Waals surface area contributed by atoms with E-state index in [1.54, 1.807) is 12.3 Å². The van der Waals surface area contributed by atoms with Crippen molar-refractivity contribution in [3.8, 4) is 11.5 Å². The number of nitrogen functional groups attached to an aromatic ring is 1. The Morgan fingerprint density at radius 2 is 2.31 bits per heavy atom. The molecule has 0 unspecified atom stereocenters. The summed E-state index contributed by atoms with van der Waals surface area (Å²) in [6.45, 7) is 0. The first kappa shape index (κ1) is 9.60. The van der Waals surface area contributed by atoms with Crippen molar-refractivity contribution in [1.82, 2.24) is 19.7 Å². The number of H-pyrrole nitrogens is 1. The second-order valence-electron chi connectivity index (χ2n) is 2.57. The van der Waals surface area contributed by atoms with Gasteiger partial charge in [-0.1, -0.05) is 0 Å². The minimum absolute atomic E-state index is 0. The maximum Gasteiger partial charge on any atom is 0.157 e. The molecule has 6 heteroatoms. The third-order valence-electron chi connectivity index (χ3n) is 1.66. The van der Waals surface area contributed by atoms with Gasteiger partial charge in [0, 0.05) is 25.5 Å². The molecule has 2 aromatic heterocycles. The van der Waals surface area contributed by atoms with E-state index >= 15 is 0 Å². The molecule has 0 atom stereocenters. The van der Waals surface area contributed by atoms with Gasteiger partial charge < -0.3 is 10.3 Å². The van der Waals surface area contributed by atoms with Crippen LogP contribution in [0.15, 0.2) is 18.5 Å². The number of hydrogen-bond donors (Lipinski definition) is 2. The molecule has 0 saturated carbocycles. The number of rotatable bonds is 1. The number of nitrogens with one attached hydrogen (secondary N) is 1. The Bertz CT molecular complexity index is 391. The average Bonchev–Trinajstić information content (AvgIpc) is 2.58. The zero-order chi connectivity index (χ0) is 8.55. The van der Waals surface area contributed by atoms with E-state index in [2.05, 4.69) is 15.2 Å². The highest BCUT2D eigenvalue weighted by atomic mass is 35.5. The normalized spacial score (nSPS) is 9.62. The number of aromatic nitrogens is 4. The van der Waals surface area contributed by atoms with Crippen LogP contribution in [0.3, 0.4) is 0 Å². The number of anilines is 1. The monoisotopic (exact) mass is 199 g/mol. The maximum atomic E-state index is 5.46. The van der Waals surface area contributed by atoms with Crippen LogP contribution >= 0.6 is 12.4 Å². The fraction of sp³-hybridized carbons (Fsp3) is 0.143. The van der Waals surface area contributed by atoms with Gasteiger partial charge in [0.25, 0.3) is 0 Å². The number of halogens is 1. The molecule has 0 aliphatic carbocycles. The Labute approximate surface area is 81.4 Å². The SMILES string of the molecule is Cl.Cn1ccnc1-c1cc(N)n[nH]1. The van der Waals surface area contributed by atoms with E-state index in [1.807, 2.05) is 17.8 Å². The first-order valence-corrected chi connectivity index (χ1v) is 3.56. The molecule has 2 rings (SSSR count). The molecule has 2 aromatic rings. The van der Waals surface area contributed by atoms with Crippen LogP contribution in [0.1, 0.15) is 0 Å². The van der Waals surface area contributed by atoms with Crippen molar-refractivity contribution in [3.05, 3.63) is 18.5 Å². The Hall–Kier alpha value is -1.49. The molecular formula is C7H10ClN5. The zero-order valence-electron chi connectivity index (χ0n) is 7.06. The van der Waals surface area contributed by atoms with Crippen molar-refractivity contribution < 1.29 is 0 Å². The van der Waals surface area contributed by atoms with Gasteiger partial charge in [-0.2, -0.15) is 5.10 Å². The van der Waals surface area contributed by atoms with Gasteiger partial charge in [-0.05, 0) is 0 Å². The fourth-order valence-corrected chi connectivity index (χ4v) is 1.08. The summed E-state index contributed by atoms with van der Waals surface area (Å²) in [5, 5.41) is 6.60. The Balaban J connectivity index is 0.000000845. The van der Waals surface area contributed by atoms with E-state index in [0.29, 0.717) is 5.82 Å². The van der Waals surface area contributed by atoms with Crippen molar-refractivity contribution in [2.75, 3.05) is 5.73 Å². The highest BCUT2D eigenvalue weighted by molar-refractivity contribution is 5.85. The maximum absolute atomic E-state index is 5.46. The lowest BCUT2D eigenvalue weighted by Crippen LogP contribution is -1.90. The van der Waals surface area contributed by atoms with Crippen LogP contribution in [-0.2, 0) is 7.05 Å². The summed E-state index contributed by atoms with van der Waals surface area (Å²) < 4.78 is 1.90. The quantitative estimate of drug-likeness (QED) is 0.714. The van der Waals surface area contributed by atoms with Gasteiger partial charge in [-0.15, -0.1) is 12.4 Å². The summed E-state index contributed by atoms with van der Waals surface area (Å²) in [6, 6.07) is 1.75. The van der Waals surface area contributed by atoms with Gasteiger partial charge in [0.05, 0.1) is 0 Å². The largest absolute Gasteiger partial charge is 0.382 e. The van der Waals surface area contributed by atoms with Crippen LogP contribution < -0.4 is 5.73 Å². The standard InChI is InChI=1S/C7H9N5.ClH/c1-12-3-2-9-7(12)5-4-6(8)11-10-5;/h2-4H,1H3,(H3,8,10,11);1H. The number of imidazole rings is 1. The molecule has 0 aromatic carbocycles. The van der Waals surface area contributed by atoms with Crippen molar-refractivity contribution in [1.29, 1.82) is 0 Å². The number of hydrogen-bond acceptors (Lipinski definition) is 3. The second-order valence-corrected chi connectivity index (χ2v) is 2.57. The van der Waals surface area contributed by atoms with Crippen molar-refractivity contribution in [3.63, 3.8) is 0 Å². The first-order chi connectivity index (χ1) is 5.77. The summed E-state index contributed by atoms with van der Waals surface area (Å²) in [6.07, 6.45) is 3.60. The predicted molar refractivity (Wildman–Crippen MR) is 52.5 cm³/mol. The summed E-state index contributed by atoms with van der Waals surface area (Å²) in [4.78, 5) is 4.14. The summed E-state index contributed by atoms with van der Waals surface area (Å²) in [7, 11) is 1.92. The highest BCUT2D eigenvalue weighted by Gasteiger charge is 2.04. The van der Waals surface area contributed by atoms with Crippen LogP contribution in [-0.4, -0.2) is 19.7 Å². The summed E-state index contributed by atoms with van der Waals surface area (Å²) >= 11 is 0. The zero-order valence-corrected chi connectivity index (χ0v) is 7.88. The van der Waals surface area contributed by atoms with Gasteiger partial charge in [0.15, 0.2) is 5.82 Å². The minimum atomic E-state index is 0. The number of nitrogens with two attached hydrogens (primary N) is 1. The lowest BCUT2D eigenvalue weighted by atomic mass is 10.4. The van der Waals surface area contributed by atoms with Crippen molar-refractivity contribution >= 4 is 18.2 Å². The van der Waals surface area contributed by atoms with E-state index < -0.39 is 0 Å². The van der Waals surface area contributed by atoms with E-state index in [4.69, 9.17) is 5.73 Å². The van der Waals surface area contributed by atoms with Gasteiger partial charge in [-0.25, -0.2) is 4.98 Å². The van der Waals surface area contributed by atoms with E-state index in [1.165, 1.54) is 0 Å². The van der Waals surface area contributed by atoms with Gasteiger partial charge >= 0.3 is 0 Å². The molecule has 0 bridgehead atoms. The summed E-state index contributed by atoms with van der Waals surface area (Å²) in [5.74, 6) is 1.31. The highest BCUT2D eigenvalue weighted by Crippen LogP contribution is 2.14. The van der Waals surface area contributed by atoms with E-state index in [9.17, 15) is 0 Å². The molecule has 5 nitrogen and oxygen atoms in total. The molecule has 0 fully saturated rings. The average molecular weight is 200 g/mol. The van der Waals surface area contributed by atoms with Crippen LogP contribution in [0.25, 0.3) is 11.5 Å². The number of aryl methyl sites for hydroxylation is 1. The molecule has 0 radical (unpaired) electrons. The van der Waals surface area contributed by atoms with Crippen LogP contribution in [0, 0.1) is 0 Å². The Kier molecular flexibility index (Phi) is 2.57. The third-order valence-corrected chi connectivity index (χ3v) is 1.66. The molecule has 0 aliphatic rings. The third kappa shape index (κ3) is 1.65. The Morgan fingerprint density at radius 3 is 2.77 bits per heavy atom. The molecule has 0 aliphatic heterocycles. The molecule has 70 valence electrons. The smallest absolute Gasteiger partial charge is 0.157 e. The molecule has 0 saturated heterocycles. The van der Waals surface area contributed by atoms with E-state index in [-0.39, 0.29) is 12.4 Å². The number of aromatic amines is 1. The second kappa shape index (κ2) is 3.49. The van der Waals surface area contributed by atoms with Crippen LogP contribution in [0.5, 0.6) is 0 Å². The van der Waals surface area contributed by atoms with Gasteiger partial charge in [0.1, 0.15) is 11.5 Å².